The Labute approximate surface area is 129 Å². The monoisotopic (exact) mass is 309 g/mol. The fourth-order valence-corrected chi connectivity index (χ4v) is 2.41. The molecule has 6 heteroatoms. The second-order valence-corrected chi connectivity index (χ2v) is 5.57. The molecule has 0 aliphatic carbocycles. The molecule has 114 valence electrons. The smallest absolute Gasteiger partial charge is 0.253 e. The van der Waals surface area contributed by atoms with E-state index in [1.54, 1.807) is 12.1 Å². The SMILES string of the molecule is CCCNc1ccc(Cl)cc1C(=O)NC1CCC(=O)NC1. The van der Waals surface area contributed by atoms with Crippen LogP contribution in [0.15, 0.2) is 18.2 Å². The molecule has 1 aromatic carbocycles. The highest BCUT2D eigenvalue weighted by Crippen LogP contribution is 2.21. The van der Waals surface area contributed by atoms with Crippen molar-refractivity contribution < 1.29 is 9.59 Å². The molecule has 1 unspecified atom stereocenters. The van der Waals surface area contributed by atoms with E-state index in [1.807, 2.05) is 6.07 Å². The Hall–Kier alpha value is -1.75. The van der Waals surface area contributed by atoms with E-state index in [0.717, 1.165) is 18.7 Å². The molecular weight excluding hydrogens is 290 g/mol. The van der Waals surface area contributed by atoms with Crippen LogP contribution in [0.4, 0.5) is 5.69 Å². The second kappa shape index (κ2) is 7.31. The molecule has 1 aliphatic rings. The van der Waals surface area contributed by atoms with Gasteiger partial charge in [0.15, 0.2) is 0 Å². The van der Waals surface area contributed by atoms with Crippen molar-refractivity contribution in [1.29, 1.82) is 0 Å². The number of amides is 2. The lowest BCUT2D eigenvalue weighted by Gasteiger charge is -2.24. The number of piperidine rings is 1. The quantitative estimate of drug-likeness (QED) is 0.780. The molecule has 1 fully saturated rings. The molecule has 1 aliphatic heterocycles. The van der Waals surface area contributed by atoms with Gasteiger partial charge in [0.1, 0.15) is 0 Å². The molecular formula is C15H20ClN3O2. The van der Waals surface area contributed by atoms with Crippen LogP contribution in [0.3, 0.4) is 0 Å². The maximum Gasteiger partial charge on any atom is 0.253 e. The summed E-state index contributed by atoms with van der Waals surface area (Å²) in [6, 6.07) is 5.21. The number of halogens is 1. The average molecular weight is 310 g/mol. The van der Waals surface area contributed by atoms with Crippen LogP contribution >= 0.6 is 11.6 Å². The molecule has 21 heavy (non-hydrogen) atoms. The van der Waals surface area contributed by atoms with E-state index in [4.69, 9.17) is 11.6 Å². The Morgan fingerprint density at radius 2 is 2.29 bits per heavy atom. The summed E-state index contributed by atoms with van der Waals surface area (Å²) in [5.74, 6) is -0.134. The van der Waals surface area contributed by atoms with Crippen LogP contribution in [0.25, 0.3) is 0 Å². The van der Waals surface area contributed by atoms with Crippen LogP contribution in [0.5, 0.6) is 0 Å². The molecule has 1 atom stereocenters. The normalized spacial score (nSPS) is 18.0. The van der Waals surface area contributed by atoms with E-state index in [1.165, 1.54) is 0 Å². The van der Waals surface area contributed by atoms with Crippen molar-refractivity contribution in [2.45, 2.75) is 32.2 Å². The van der Waals surface area contributed by atoms with Gasteiger partial charge in [-0.2, -0.15) is 0 Å². The lowest BCUT2D eigenvalue weighted by atomic mass is 10.1. The molecule has 2 rings (SSSR count). The number of anilines is 1. The van der Waals surface area contributed by atoms with E-state index in [0.29, 0.717) is 30.0 Å². The highest BCUT2D eigenvalue weighted by atomic mass is 35.5. The molecule has 0 aromatic heterocycles. The van der Waals surface area contributed by atoms with E-state index in [2.05, 4.69) is 22.9 Å². The van der Waals surface area contributed by atoms with Gasteiger partial charge in [-0.3, -0.25) is 9.59 Å². The number of hydrogen-bond donors (Lipinski definition) is 3. The minimum atomic E-state index is -0.169. The molecule has 2 amide bonds. The first-order valence-corrected chi connectivity index (χ1v) is 7.59. The summed E-state index contributed by atoms with van der Waals surface area (Å²) in [5.41, 5.74) is 1.31. The van der Waals surface area contributed by atoms with Gasteiger partial charge in [0, 0.05) is 36.3 Å². The molecule has 3 N–H and O–H groups in total. The second-order valence-electron chi connectivity index (χ2n) is 5.13. The standard InChI is InChI=1S/C15H20ClN3O2/c1-2-7-17-13-5-3-10(16)8-12(13)15(21)19-11-4-6-14(20)18-9-11/h3,5,8,11,17H,2,4,6-7,9H2,1H3,(H,18,20)(H,19,21). The molecule has 0 spiro atoms. The van der Waals surface area contributed by atoms with Crippen molar-refractivity contribution in [3.05, 3.63) is 28.8 Å². The van der Waals surface area contributed by atoms with Gasteiger partial charge in [-0.15, -0.1) is 0 Å². The zero-order chi connectivity index (χ0) is 15.2. The van der Waals surface area contributed by atoms with Crippen LogP contribution in [0.2, 0.25) is 5.02 Å². The van der Waals surface area contributed by atoms with E-state index >= 15 is 0 Å². The van der Waals surface area contributed by atoms with Gasteiger partial charge >= 0.3 is 0 Å². The van der Waals surface area contributed by atoms with Crippen molar-refractivity contribution in [3.8, 4) is 0 Å². The summed E-state index contributed by atoms with van der Waals surface area (Å²) < 4.78 is 0. The zero-order valence-electron chi connectivity index (χ0n) is 12.0. The number of nitrogens with one attached hydrogen (secondary N) is 3. The fraction of sp³-hybridized carbons (Fsp3) is 0.467. The first-order valence-electron chi connectivity index (χ1n) is 7.21. The minimum Gasteiger partial charge on any atom is -0.384 e. The molecule has 1 aromatic rings. The van der Waals surface area contributed by atoms with Crippen LogP contribution < -0.4 is 16.0 Å². The van der Waals surface area contributed by atoms with Crippen molar-refractivity contribution in [2.24, 2.45) is 0 Å². The predicted octanol–water partition coefficient (Wildman–Crippen LogP) is 2.17. The molecule has 0 saturated carbocycles. The number of carbonyl (C=O) groups is 2. The van der Waals surface area contributed by atoms with Crippen LogP contribution in [-0.4, -0.2) is 30.9 Å². The fourth-order valence-electron chi connectivity index (χ4n) is 2.24. The summed E-state index contributed by atoms with van der Waals surface area (Å²) in [6.07, 6.45) is 2.08. The lowest BCUT2D eigenvalue weighted by molar-refractivity contribution is -0.122. The maximum atomic E-state index is 12.4. The van der Waals surface area contributed by atoms with Crippen LogP contribution in [0.1, 0.15) is 36.5 Å². The Morgan fingerprint density at radius 3 is 2.95 bits per heavy atom. The Kier molecular flexibility index (Phi) is 5.44. The summed E-state index contributed by atoms with van der Waals surface area (Å²) in [4.78, 5) is 23.5. The minimum absolute atomic E-state index is 0.0341. The van der Waals surface area contributed by atoms with Gasteiger partial charge in [0.05, 0.1) is 5.56 Å². The van der Waals surface area contributed by atoms with E-state index in [9.17, 15) is 9.59 Å². The van der Waals surface area contributed by atoms with Crippen molar-refractivity contribution in [2.75, 3.05) is 18.4 Å². The van der Waals surface area contributed by atoms with Crippen LogP contribution in [0, 0.1) is 0 Å². The summed E-state index contributed by atoms with van der Waals surface area (Å²) in [6.45, 7) is 3.33. The highest BCUT2D eigenvalue weighted by Gasteiger charge is 2.21. The van der Waals surface area contributed by atoms with Gasteiger partial charge in [0.2, 0.25) is 5.91 Å². The van der Waals surface area contributed by atoms with Crippen molar-refractivity contribution in [3.63, 3.8) is 0 Å². The highest BCUT2D eigenvalue weighted by molar-refractivity contribution is 6.31. The first kappa shape index (κ1) is 15.6. The average Bonchev–Trinajstić information content (AvgIpc) is 2.48. The predicted molar refractivity (Wildman–Crippen MR) is 83.7 cm³/mol. The number of hydrogen-bond acceptors (Lipinski definition) is 3. The molecule has 0 bridgehead atoms. The van der Waals surface area contributed by atoms with E-state index < -0.39 is 0 Å². The van der Waals surface area contributed by atoms with Crippen molar-refractivity contribution >= 4 is 29.1 Å². The number of rotatable bonds is 5. The van der Waals surface area contributed by atoms with Gasteiger partial charge in [-0.1, -0.05) is 18.5 Å². The topological polar surface area (TPSA) is 70.2 Å². The van der Waals surface area contributed by atoms with Gasteiger partial charge in [0.25, 0.3) is 5.91 Å². The van der Waals surface area contributed by atoms with E-state index in [-0.39, 0.29) is 17.9 Å². The largest absolute Gasteiger partial charge is 0.384 e. The summed E-state index contributed by atoms with van der Waals surface area (Å²) >= 11 is 5.99. The third kappa shape index (κ3) is 4.36. The number of benzene rings is 1. The molecule has 0 radical (unpaired) electrons. The zero-order valence-corrected chi connectivity index (χ0v) is 12.8. The van der Waals surface area contributed by atoms with Gasteiger partial charge < -0.3 is 16.0 Å². The number of carbonyl (C=O) groups excluding carboxylic acids is 2. The maximum absolute atomic E-state index is 12.4. The lowest BCUT2D eigenvalue weighted by Crippen LogP contribution is -2.47. The first-order chi connectivity index (χ1) is 10.1. The summed E-state index contributed by atoms with van der Waals surface area (Å²) in [5, 5.41) is 9.45. The molecule has 1 heterocycles. The molecule has 1 saturated heterocycles. The van der Waals surface area contributed by atoms with Crippen molar-refractivity contribution in [1.82, 2.24) is 10.6 Å². The van der Waals surface area contributed by atoms with Crippen LogP contribution in [-0.2, 0) is 4.79 Å². The molecule has 5 nitrogen and oxygen atoms in total. The van der Waals surface area contributed by atoms with Gasteiger partial charge in [-0.25, -0.2) is 0 Å². The Bertz CT molecular complexity index is 524. The van der Waals surface area contributed by atoms with Gasteiger partial charge in [-0.05, 0) is 31.0 Å². The summed E-state index contributed by atoms with van der Waals surface area (Å²) in [7, 11) is 0. The Balaban J connectivity index is 2.06. The third-order valence-corrected chi connectivity index (χ3v) is 3.63. The third-order valence-electron chi connectivity index (χ3n) is 3.39. The Morgan fingerprint density at radius 1 is 1.48 bits per heavy atom.